The summed E-state index contributed by atoms with van der Waals surface area (Å²) in [4.78, 5) is 19.3. The number of hydrogen-bond acceptors (Lipinski definition) is 6. The molecule has 1 aliphatic rings. The van der Waals surface area contributed by atoms with Crippen LogP contribution < -0.4 is 4.74 Å². The van der Waals surface area contributed by atoms with Crippen molar-refractivity contribution in [2.45, 2.75) is 18.4 Å². The van der Waals surface area contributed by atoms with Crippen molar-refractivity contribution in [1.82, 2.24) is 20.1 Å². The molecule has 0 aliphatic carbocycles. The zero-order valence-corrected chi connectivity index (χ0v) is 17.4. The van der Waals surface area contributed by atoms with E-state index in [9.17, 15) is 4.79 Å². The molecule has 0 bridgehead atoms. The first-order chi connectivity index (χ1) is 14.1. The molecule has 1 aromatic carbocycles. The van der Waals surface area contributed by atoms with E-state index >= 15 is 0 Å². The molecule has 1 atom stereocenters. The van der Waals surface area contributed by atoms with E-state index in [0.717, 1.165) is 15.8 Å². The second-order valence-corrected chi connectivity index (χ2v) is 7.60. The minimum atomic E-state index is -1.03. The molecular weight excluding hydrogens is 436 g/mol. The number of carbonyl (C=O) groups is 1. The normalized spacial score (nSPS) is 18.8. The summed E-state index contributed by atoms with van der Waals surface area (Å²) in [5.41, 5.74) is 0.521. The molecule has 4 rings (SSSR count). The standard InChI is InChI=1S/C21H19BrN4O3/c1-3-21(19-25-24-18(29-19)17-16(22)5-4-11-23-17)10-12-26(20(21)27)13-14-6-8-15(28-2)9-7-14/h3-9,11H,1,10,12-13H2,2H3. The summed E-state index contributed by atoms with van der Waals surface area (Å²) in [6, 6.07) is 11.3. The summed E-state index contributed by atoms with van der Waals surface area (Å²) in [6.45, 7) is 4.95. The molecule has 3 aromatic rings. The van der Waals surface area contributed by atoms with Gasteiger partial charge in [-0.3, -0.25) is 4.79 Å². The fraction of sp³-hybridized carbons (Fsp3) is 0.238. The summed E-state index contributed by atoms with van der Waals surface area (Å²) in [5.74, 6) is 1.18. The lowest BCUT2D eigenvalue weighted by Gasteiger charge is -2.21. The van der Waals surface area contributed by atoms with Gasteiger partial charge in [-0.1, -0.05) is 18.2 Å². The maximum Gasteiger partial charge on any atom is 0.267 e. The third kappa shape index (κ3) is 3.44. The number of aromatic nitrogens is 3. The zero-order valence-electron chi connectivity index (χ0n) is 15.8. The first-order valence-corrected chi connectivity index (χ1v) is 9.87. The van der Waals surface area contributed by atoms with Gasteiger partial charge in [0.1, 0.15) is 16.9 Å². The van der Waals surface area contributed by atoms with Crippen molar-refractivity contribution in [1.29, 1.82) is 0 Å². The van der Waals surface area contributed by atoms with Crippen molar-refractivity contribution < 1.29 is 13.9 Å². The molecule has 1 aliphatic heterocycles. The van der Waals surface area contributed by atoms with Gasteiger partial charge in [-0.2, -0.15) is 0 Å². The highest BCUT2D eigenvalue weighted by Gasteiger charge is 2.50. The van der Waals surface area contributed by atoms with Crippen LogP contribution in [0.15, 0.2) is 64.1 Å². The lowest BCUT2D eigenvalue weighted by Crippen LogP contribution is -2.36. The first-order valence-electron chi connectivity index (χ1n) is 9.08. The molecule has 148 valence electrons. The van der Waals surface area contributed by atoms with Crippen LogP contribution in [0.3, 0.4) is 0 Å². The predicted octanol–water partition coefficient (Wildman–Crippen LogP) is 3.76. The summed E-state index contributed by atoms with van der Waals surface area (Å²) in [7, 11) is 1.62. The number of nitrogens with zero attached hydrogens (tertiary/aromatic N) is 4. The number of hydrogen-bond donors (Lipinski definition) is 0. The Bertz CT molecular complexity index is 1050. The third-order valence-corrected chi connectivity index (χ3v) is 5.73. The number of halogens is 1. The molecule has 0 saturated carbocycles. The maximum absolute atomic E-state index is 13.3. The van der Waals surface area contributed by atoms with Gasteiger partial charge in [-0.25, -0.2) is 4.98 Å². The van der Waals surface area contributed by atoms with Gasteiger partial charge in [0.2, 0.25) is 11.8 Å². The Balaban J connectivity index is 1.59. The molecule has 2 aromatic heterocycles. The number of benzene rings is 1. The topological polar surface area (TPSA) is 81.3 Å². The lowest BCUT2D eigenvalue weighted by atomic mass is 9.86. The fourth-order valence-electron chi connectivity index (χ4n) is 3.42. The SMILES string of the molecule is C=CC1(c2nnc(-c3ncccc3Br)o2)CCN(Cc2ccc(OC)cc2)C1=O. The van der Waals surface area contributed by atoms with E-state index in [0.29, 0.717) is 25.2 Å². The van der Waals surface area contributed by atoms with Crippen LogP contribution in [0.1, 0.15) is 17.9 Å². The Morgan fingerprint density at radius 1 is 1.31 bits per heavy atom. The number of methoxy groups -OCH3 is 1. The summed E-state index contributed by atoms with van der Waals surface area (Å²) in [5, 5.41) is 8.27. The average molecular weight is 455 g/mol. The molecule has 8 heteroatoms. The van der Waals surface area contributed by atoms with E-state index in [1.54, 1.807) is 30.3 Å². The molecule has 1 saturated heterocycles. The molecular formula is C21H19BrN4O3. The van der Waals surface area contributed by atoms with E-state index < -0.39 is 5.41 Å². The molecule has 0 radical (unpaired) electrons. The van der Waals surface area contributed by atoms with E-state index in [4.69, 9.17) is 9.15 Å². The summed E-state index contributed by atoms with van der Waals surface area (Å²) in [6.07, 6.45) is 3.77. The second-order valence-electron chi connectivity index (χ2n) is 6.75. The van der Waals surface area contributed by atoms with E-state index in [-0.39, 0.29) is 17.7 Å². The van der Waals surface area contributed by atoms with Crippen molar-refractivity contribution in [3.8, 4) is 17.3 Å². The number of likely N-dealkylation sites (tertiary alicyclic amines) is 1. The van der Waals surface area contributed by atoms with Crippen LogP contribution in [0.2, 0.25) is 0 Å². The number of rotatable bonds is 6. The average Bonchev–Trinajstić information content (AvgIpc) is 3.35. The van der Waals surface area contributed by atoms with Gasteiger partial charge in [0.25, 0.3) is 5.89 Å². The second kappa shape index (κ2) is 7.79. The van der Waals surface area contributed by atoms with Gasteiger partial charge in [-0.15, -0.1) is 16.8 Å². The van der Waals surface area contributed by atoms with Gasteiger partial charge < -0.3 is 14.1 Å². The van der Waals surface area contributed by atoms with Gasteiger partial charge in [0, 0.05) is 23.8 Å². The van der Waals surface area contributed by atoms with Crippen LogP contribution in [0.4, 0.5) is 0 Å². The van der Waals surface area contributed by atoms with Crippen molar-refractivity contribution in [3.63, 3.8) is 0 Å². The largest absolute Gasteiger partial charge is 0.497 e. The van der Waals surface area contributed by atoms with E-state index in [1.807, 2.05) is 30.3 Å². The third-order valence-electron chi connectivity index (χ3n) is 5.09. The van der Waals surface area contributed by atoms with Gasteiger partial charge in [0.15, 0.2) is 0 Å². The maximum atomic E-state index is 13.3. The minimum Gasteiger partial charge on any atom is -0.497 e. The Labute approximate surface area is 176 Å². The summed E-state index contributed by atoms with van der Waals surface area (Å²) >= 11 is 3.43. The monoisotopic (exact) mass is 454 g/mol. The fourth-order valence-corrected chi connectivity index (χ4v) is 3.85. The molecule has 1 fully saturated rings. The van der Waals surface area contributed by atoms with Crippen LogP contribution >= 0.6 is 15.9 Å². The molecule has 29 heavy (non-hydrogen) atoms. The zero-order chi connectivity index (χ0) is 20.4. The van der Waals surface area contributed by atoms with Gasteiger partial charge in [-0.05, 0) is 52.2 Å². The van der Waals surface area contributed by atoms with Crippen molar-refractivity contribution in [2.24, 2.45) is 0 Å². The minimum absolute atomic E-state index is 0.0985. The van der Waals surface area contributed by atoms with Gasteiger partial charge >= 0.3 is 0 Å². The highest BCUT2D eigenvalue weighted by Crippen LogP contribution is 2.38. The number of pyridine rings is 1. The van der Waals surface area contributed by atoms with E-state index in [2.05, 4.69) is 37.7 Å². The van der Waals surface area contributed by atoms with Crippen molar-refractivity contribution in [3.05, 3.63) is 71.2 Å². The molecule has 1 unspecified atom stereocenters. The highest BCUT2D eigenvalue weighted by molar-refractivity contribution is 9.10. The smallest absolute Gasteiger partial charge is 0.267 e. The molecule has 1 amide bonds. The Kier molecular flexibility index (Phi) is 5.19. The Morgan fingerprint density at radius 2 is 2.10 bits per heavy atom. The molecule has 0 spiro atoms. The van der Waals surface area contributed by atoms with Crippen LogP contribution in [0, 0.1) is 0 Å². The molecule has 0 N–H and O–H groups in total. The highest BCUT2D eigenvalue weighted by atomic mass is 79.9. The van der Waals surface area contributed by atoms with E-state index in [1.165, 1.54) is 0 Å². The lowest BCUT2D eigenvalue weighted by molar-refractivity contribution is -0.132. The van der Waals surface area contributed by atoms with Crippen LogP contribution in [0.25, 0.3) is 11.6 Å². The van der Waals surface area contributed by atoms with Crippen molar-refractivity contribution >= 4 is 21.8 Å². The quantitative estimate of drug-likeness (QED) is 0.527. The Hall–Kier alpha value is -3.00. The van der Waals surface area contributed by atoms with Crippen LogP contribution in [0.5, 0.6) is 5.75 Å². The predicted molar refractivity (Wildman–Crippen MR) is 110 cm³/mol. The van der Waals surface area contributed by atoms with Crippen molar-refractivity contribution in [2.75, 3.05) is 13.7 Å². The number of amides is 1. The summed E-state index contributed by atoms with van der Waals surface area (Å²) < 4.78 is 11.8. The van der Waals surface area contributed by atoms with Crippen LogP contribution in [-0.4, -0.2) is 39.6 Å². The Morgan fingerprint density at radius 3 is 2.79 bits per heavy atom. The molecule has 3 heterocycles. The number of carbonyl (C=O) groups excluding carboxylic acids is 1. The van der Waals surface area contributed by atoms with Crippen LogP contribution in [-0.2, 0) is 16.8 Å². The number of ether oxygens (including phenoxy) is 1. The first kappa shape index (κ1) is 19.3. The molecule has 7 nitrogen and oxygen atoms in total. The van der Waals surface area contributed by atoms with Gasteiger partial charge in [0.05, 0.1) is 7.11 Å².